The topological polar surface area (TPSA) is 71.9 Å². The van der Waals surface area contributed by atoms with E-state index in [0.717, 1.165) is 31.3 Å². The number of rotatable bonds is 4. The summed E-state index contributed by atoms with van der Waals surface area (Å²) in [5, 5.41) is 9.51. The maximum atomic E-state index is 9.51. The Hall–Kier alpha value is -3.14. The minimum Gasteiger partial charge on any atom is -0.457 e. The van der Waals surface area contributed by atoms with Crippen molar-refractivity contribution in [3.8, 4) is 39.3 Å². The quantitative estimate of drug-likeness (QED) is 0.388. The molecule has 2 aromatic carbocycles. The zero-order chi connectivity index (χ0) is 19.5. The molecule has 0 unspecified atom stereocenters. The van der Waals surface area contributed by atoms with Crippen molar-refractivity contribution in [2.45, 2.75) is 0 Å². The molecule has 4 nitrogen and oxygen atoms in total. The number of benzene rings is 2. The van der Waals surface area contributed by atoms with E-state index >= 15 is 0 Å². The van der Waals surface area contributed by atoms with Gasteiger partial charge in [-0.05, 0) is 70.5 Å². The molecule has 0 aliphatic rings. The monoisotopic (exact) mass is 447 g/mol. The smallest absolute Gasteiger partial charge is 0.142 e. The molecule has 0 aliphatic heterocycles. The second-order valence-electron chi connectivity index (χ2n) is 5.97. The number of pyridine rings is 1. The first-order valence-electron chi connectivity index (χ1n) is 8.44. The highest BCUT2D eigenvalue weighted by Crippen LogP contribution is 2.37. The van der Waals surface area contributed by atoms with Gasteiger partial charge in [-0.3, -0.25) is 0 Å². The summed E-state index contributed by atoms with van der Waals surface area (Å²) in [6.45, 7) is 0. The lowest BCUT2D eigenvalue weighted by molar-refractivity contribution is 0.483. The van der Waals surface area contributed by atoms with Crippen LogP contribution in [0.3, 0.4) is 0 Å². The number of halogens is 1. The summed E-state index contributed by atoms with van der Waals surface area (Å²) in [7, 11) is 0. The number of anilines is 1. The number of nitriles is 1. The molecule has 4 aromatic rings. The molecule has 0 aliphatic carbocycles. The second-order valence-corrected chi connectivity index (χ2v) is 8.43. The van der Waals surface area contributed by atoms with Crippen molar-refractivity contribution in [2.24, 2.45) is 0 Å². The highest BCUT2D eigenvalue weighted by molar-refractivity contribution is 9.11. The van der Waals surface area contributed by atoms with Crippen molar-refractivity contribution < 1.29 is 4.74 Å². The molecule has 2 heterocycles. The Bertz CT molecular complexity index is 1160. The molecule has 0 saturated carbocycles. The molecule has 0 spiro atoms. The van der Waals surface area contributed by atoms with Gasteiger partial charge < -0.3 is 10.5 Å². The Labute approximate surface area is 175 Å². The number of hydrogen-bond acceptors (Lipinski definition) is 5. The van der Waals surface area contributed by atoms with E-state index in [2.05, 4.69) is 27.0 Å². The van der Waals surface area contributed by atoms with Crippen molar-refractivity contribution >= 4 is 33.1 Å². The van der Waals surface area contributed by atoms with Crippen LogP contribution in [0.1, 0.15) is 5.56 Å². The van der Waals surface area contributed by atoms with E-state index in [1.807, 2.05) is 72.8 Å². The lowest BCUT2D eigenvalue weighted by Crippen LogP contribution is -1.99. The van der Waals surface area contributed by atoms with Gasteiger partial charge in [0.2, 0.25) is 0 Å². The summed E-state index contributed by atoms with van der Waals surface area (Å²) in [6.07, 6.45) is 0. The summed E-state index contributed by atoms with van der Waals surface area (Å²) in [5.41, 5.74) is 8.86. The fourth-order valence-electron chi connectivity index (χ4n) is 2.80. The van der Waals surface area contributed by atoms with Crippen LogP contribution in [-0.4, -0.2) is 4.98 Å². The first-order valence-corrected chi connectivity index (χ1v) is 10.0. The Balaban J connectivity index is 1.69. The first-order chi connectivity index (χ1) is 13.6. The fourth-order valence-corrected chi connectivity index (χ4v) is 4.21. The molecule has 28 heavy (non-hydrogen) atoms. The molecule has 4 rings (SSSR count). The number of ether oxygens (including phenoxy) is 1. The van der Waals surface area contributed by atoms with Crippen LogP contribution >= 0.6 is 27.3 Å². The van der Waals surface area contributed by atoms with E-state index in [9.17, 15) is 5.26 Å². The summed E-state index contributed by atoms with van der Waals surface area (Å²) < 4.78 is 6.82. The van der Waals surface area contributed by atoms with Gasteiger partial charge in [-0.15, -0.1) is 11.3 Å². The van der Waals surface area contributed by atoms with E-state index < -0.39 is 0 Å². The van der Waals surface area contributed by atoms with Gasteiger partial charge in [-0.1, -0.05) is 18.2 Å². The number of aromatic nitrogens is 1. The number of nitrogen functional groups attached to an aromatic ring is 1. The minimum atomic E-state index is 0.226. The van der Waals surface area contributed by atoms with Crippen LogP contribution in [-0.2, 0) is 0 Å². The highest BCUT2D eigenvalue weighted by atomic mass is 79.9. The average molecular weight is 448 g/mol. The molecular formula is C22H14BrN3OS. The van der Waals surface area contributed by atoms with Crippen molar-refractivity contribution in [3.05, 3.63) is 82.1 Å². The van der Waals surface area contributed by atoms with Gasteiger partial charge in [0.25, 0.3) is 0 Å². The third-order valence-corrected chi connectivity index (χ3v) is 5.78. The molecule has 0 amide bonds. The van der Waals surface area contributed by atoms with Crippen LogP contribution in [0.5, 0.6) is 11.5 Å². The standard InChI is InChI=1S/C22H14BrN3OS/c23-21-11-10-20(28-21)17-12-19(26-22(25)18(17)13-24)14-6-8-16(9-7-14)27-15-4-2-1-3-5-15/h1-12H,(H2,25,26). The zero-order valence-electron chi connectivity index (χ0n) is 14.6. The average Bonchev–Trinajstić information content (AvgIpc) is 3.15. The van der Waals surface area contributed by atoms with Gasteiger partial charge in [0.1, 0.15) is 28.9 Å². The summed E-state index contributed by atoms with van der Waals surface area (Å²) in [5.74, 6) is 1.74. The third kappa shape index (κ3) is 3.77. The largest absolute Gasteiger partial charge is 0.457 e. The number of nitrogens with two attached hydrogens (primary N) is 1. The number of para-hydroxylation sites is 1. The van der Waals surface area contributed by atoms with E-state index in [4.69, 9.17) is 10.5 Å². The van der Waals surface area contributed by atoms with Crippen molar-refractivity contribution in [3.63, 3.8) is 0 Å². The van der Waals surface area contributed by atoms with Gasteiger partial charge in [0.05, 0.1) is 9.48 Å². The lowest BCUT2D eigenvalue weighted by atomic mass is 10.0. The van der Waals surface area contributed by atoms with Gasteiger partial charge in [0, 0.05) is 16.0 Å². The van der Waals surface area contributed by atoms with Gasteiger partial charge >= 0.3 is 0 Å². The van der Waals surface area contributed by atoms with Crippen LogP contribution in [0.15, 0.2) is 76.6 Å². The Morgan fingerprint density at radius 3 is 2.32 bits per heavy atom. The molecule has 0 saturated heterocycles. The van der Waals surface area contributed by atoms with Gasteiger partial charge in [0.15, 0.2) is 0 Å². The van der Waals surface area contributed by atoms with Crippen molar-refractivity contribution in [1.82, 2.24) is 4.98 Å². The lowest BCUT2D eigenvalue weighted by Gasteiger charge is -2.10. The van der Waals surface area contributed by atoms with Gasteiger partial charge in [-0.25, -0.2) is 4.98 Å². The molecule has 0 bridgehead atoms. The fraction of sp³-hybridized carbons (Fsp3) is 0. The third-order valence-electron chi connectivity index (χ3n) is 4.13. The second kappa shape index (κ2) is 7.85. The predicted molar refractivity (Wildman–Crippen MR) is 116 cm³/mol. The molecule has 0 radical (unpaired) electrons. The van der Waals surface area contributed by atoms with E-state index in [1.54, 1.807) is 11.3 Å². The Kier molecular flexibility index (Phi) is 5.11. The first kappa shape index (κ1) is 18.2. The molecule has 6 heteroatoms. The SMILES string of the molecule is N#Cc1c(-c2ccc(Br)s2)cc(-c2ccc(Oc3ccccc3)cc2)nc1N. The van der Waals surface area contributed by atoms with E-state index in [0.29, 0.717) is 11.3 Å². The molecule has 0 fully saturated rings. The molecule has 0 atom stereocenters. The normalized spacial score (nSPS) is 10.4. The van der Waals surface area contributed by atoms with Crippen LogP contribution < -0.4 is 10.5 Å². The predicted octanol–water partition coefficient (Wildman–Crippen LogP) is 6.49. The number of hydrogen-bond donors (Lipinski definition) is 1. The van der Waals surface area contributed by atoms with Crippen LogP contribution in [0.25, 0.3) is 21.7 Å². The summed E-state index contributed by atoms with van der Waals surface area (Å²) in [6, 6.07) is 25.2. The zero-order valence-corrected chi connectivity index (χ0v) is 17.0. The summed E-state index contributed by atoms with van der Waals surface area (Å²) in [4.78, 5) is 5.39. The highest BCUT2D eigenvalue weighted by Gasteiger charge is 2.15. The van der Waals surface area contributed by atoms with Crippen molar-refractivity contribution in [1.29, 1.82) is 5.26 Å². The van der Waals surface area contributed by atoms with Crippen LogP contribution in [0.2, 0.25) is 0 Å². The Morgan fingerprint density at radius 2 is 1.68 bits per heavy atom. The molecule has 2 aromatic heterocycles. The van der Waals surface area contributed by atoms with E-state index in [-0.39, 0.29) is 5.82 Å². The summed E-state index contributed by atoms with van der Waals surface area (Å²) >= 11 is 5.02. The maximum absolute atomic E-state index is 9.51. The van der Waals surface area contributed by atoms with E-state index in [1.165, 1.54) is 0 Å². The number of nitrogens with zero attached hydrogens (tertiary/aromatic N) is 2. The maximum Gasteiger partial charge on any atom is 0.142 e. The van der Waals surface area contributed by atoms with Crippen LogP contribution in [0.4, 0.5) is 5.82 Å². The molecular weight excluding hydrogens is 434 g/mol. The number of thiophene rings is 1. The van der Waals surface area contributed by atoms with Crippen LogP contribution in [0, 0.1) is 11.3 Å². The molecule has 2 N–H and O–H groups in total. The molecule has 136 valence electrons. The van der Waals surface area contributed by atoms with Gasteiger partial charge in [-0.2, -0.15) is 5.26 Å². The minimum absolute atomic E-state index is 0.226. The Morgan fingerprint density at radius 1 is 0.964 bits per heavy atom. The van der Waals surface area contributed by atoms with Crippen molar-refractivity contribution in [2.75, 3.05) is 5.73 Å².